The van der Waals surface area contributed by atoms with Crippen LogP contribution in [0.5, 0.6) is 0 Å². The third-order valence-corrected chi connectivity index (χ3v) is 6.29. The van der Waals surface area contributed by atoms with Crippen molar-refractivity contribution in [3.05, 3.63) is 63.7 Å². The van der Waals surface area contributed by atoms with Gasteiger partial charge in [0.2, 0.25) is 11.8 Å². The molecule has 2 heterocycles. The molecule has 1 fully saturated rings. The number of anilines is 1. The molecule has 0 spiro atoms. The summed E-state index contributed by atoms with van der Waals surface area (Å²) in [6.07, 6.45) is 0.368. The molecule has 0 saturated carbocycles. The van der Waals surface area contributed by atoms with E-state index in [1.54, 1.807) is 43.3 Å². The summed E-state index contributed by atoms with van der Waals surface area (Å²) < 4.78 is 0. The topological polar surface area (TPSA) is 120 Å². The minimum atomic E-state index is -0.824. The number of hydrogen-bond donors (Lipinski definition) is 3. The van der Waals surface area contributed by atoms with Crippen molar-refractivity contribution in [2.75, 3.05) is 5.32 Å². The predicted molar refractivity (Wildman–Crippen MR) is 128 cm³/mol. The van der Waals surface area contributed by atoms with Gasteiger partial charge >= 0.3 is 6.03 Å². The van der Waals surface area contributed by atoms with E-state index in [4.69, 9.17) is 11.6 Å². The average Bonchev–Trinajstić information content (AvgIpc) is 2.92. The van der Waals surface area contributed by atoms with Gasteiger partial charge in [-0.15, -0.1) is 0 Å². The molecule has 9 nitrogen and oxygen atoms in total. The summed E-state index contributed by atoms with van der Waals surface area (Å²) in [7, 11) is 0. The highest BCUT2D eigenvalue weighted by atomic mass is 35.5. The fraction of sp³-hybridized carbons (Fsp3) is 0.292. The molecular weight excluding hydrogens is 458 g/mol. The van der Waals surface area contributed by atoms with Crippen LogP contribution < -0.4 is 16.0 Å². The molecule has 1 saturated heterocycles. The number of aryl methyl sites for hydroxylation is 1. The molecule has 2 aromatic rings. The maximum absolute atomic E-state index is 13.6. The summed E-state index contributed by atoms with van der Waals surface area (Å²) in [5, 5.41) is 8.33. The fourth-order valence-electron chi connectivity index (χ4n) is 4.07. The number of benzene rings is 2. The van der Waals surface area contributed by atoms with Crippen LogP contribution in [0.25, 0.3) is 0 Å². The highest BCUT2D eigenvalue weighted by molar-refractivity contribution is 6.31. The standard InChI is InChI=1S/C24H24ClN5O4/c1-13-6-7-17(10-18(13)25)28-24(34)27-12-16-5-3-4-15-11-26-14(2)30(23(33)21(15)16)19-8-9-20(31)29-22(19)32/h3-7,10,19H,8-9,11-12H2,1-2H3,(H2,27,28,34)(H,29,31,32). The van der Waals surface area contributed by atoms with Crippen molar-refractivity contribution in [2.45, 2.75) is 45.8 Å². The molecule has 2 aliphatic rings. The zero-order valence-electron chi connectivity index (χ0n) is 18.8. The summed E-state index contributed by atoms with van der Waals surface area (Å²) >= 11 is 6.12. The Kier molecular flexibility index (Phi) is 6.65. The lowest BCUT2D eigenvalue weighted by Crippen LogP contribution is -2.55. The molecule has 0 bridgehead atoms. The number of amidine groups is 1. The molecule has 0 aliphatic carbocycles. The number of carbonyl (C=O) groups excluding carboxylic acids is 4. The molecule has 2 aliphatic heterocycles. The first-order valence-corrected chi connectivity index (χ1v) is 11.2. The molecule has 0 radical (unpaired) electrons. The SMILES string of the molecule is CC1=NCc2cccc(CNC(=O)Nc3ccc(C)c(Cl)c3)c2C(=O)N1C1CCC(=O)NC1=O. The fourth-order valence-corrected chi connectivity index (χ4v) is 4.25. The molecular formula is C24H24ClN5O4. The van der Waals surface area contributed by atoms with Crippen LogP contribution in [0.15, 0.2) is 41.4 Å². The largest absolute Gasteiger partial charge is 0.334 e. The molecule has 4 rings (SSSR count). The number of aliphatic imine (C=N–C) groups is 1. The number of piperidine rings is 1. The number of rotatable bonds is 4. The second-order valence-electron chi connectivity index (χ2n) is 8.23. The van der Waals surface area contributed by atoms with Gasteiger partial charge in [0.05, 0.1) is 12.1 Å². The van der Waals surface area contributed by atoms with Gasteiger partial charge in [0.1, 0.15) is 11.9 Å². The second kappa shape index (κ2) is 9.64. The molecule has 0 aromatic heterocycles. The van der Waals surface area contributed by atoms with Crippen molar-refractivity contribution < 1.29 is 19.2 Å². The zero-order valence-corrected chi connectivity index (χ0v) is 19.5. The van der Waals surface area contributed by atoms with E-state index in [0.717, 1.165) is 5.56 Å². The first-order valence-electron chi connectivity index (χ1n) is 10.8. The Hall–Kier alpha value is -3.72. The van der Waals surface area contributed by atoms with Gasteiger partial charge in [-0.2, -0.15) is 0 Å². The van der Waals surface area contributed by atoms with E-state index < -0.39 is 18.0 Å². The van der Waals surface area contributed by atoms with Gasteiger partial charge < -0.3 is 10.6 Å². The Morgan fingerprint density at radius 3 is 2.74 bits per heavy atom. The van der Waals surface area contributed by atoms with Gasteiger partial charge in [-0.25, -0.2) is 4.79 Å². The van der Waals surface area contributed by atoms with Crippen molar-refractivity contribution in [1.82, 2.24) is 15.5 Å². The Morgan fingerprint density at radius 1 is 1.21 bits per heavy atom. The van der Waals surface area contributed by atoms with E-state index in [1.807, 2.05) is 6.92 Å². The number of hydrogen-bond acceptors (Lipinski definition) is 5. The van der Waals surface area contributed by atoms with Crippen molar-refractivity contribution in [3.63, 3.8) is 0 Å². The molecule has 34 heavy (non-hydrogen) atoms. The van der Waals surface area contributed by atoms with Crippen molar-refractivity contribution in [3.8, 4) is 0 Å². The van der Waals surface area contributed by atoms with Gasteiger partial charge in [0.15, 0.2) is 0 Å². The number of nitrogens with zero attached hydrogens (tertiary/aromatic N) is 2. The lowest BCUT2D eigenvalue weighted by molar-refractivity contribution is -0.136. The van der Waals surface area contributed by atoms with E-state index in [1.165, 1.54) is 4.90 Å². The molecule has 176 valence electrons. The Balaban J connectivity index is 1.54. The van der Waals surface area contributed by atoms with E-state index in [2.05, 4.69) is 20.9 Å². The van der Waals surface area contributed by atoms with Crippen LogP contribution in [0.3, 0.4) is 0 Å². The normalized spacial score (nSPS) is 18.0. The Labute approximate surface area is 201 Å². The molecule has 2 aromatic carbocycles. The number of fused-ring (bicyclic) bond motifs is 1. The van der Waals surface area contributed by atoms with Crippen LogP contribution >= 0.6 is 11.6 Å². The summed E-state index contributed by atoms with van der Waals surface area (Å²) in [5.41, 5.74) is 3.14. The van der Waals surface area contributed by atoms with Gasteiger partial charge in [0, 0.05) is 23.7 Å². The number of nitrogens with one attached hydrogen (secondary N) is 3. The van der Waals surface area contributed by atoms with E-state index in [-0.39, 0.29) is 37.7 Å². The lowest BCUT2D eigenvalue weighted by Gasteiger charge is -2.32. The summed E-state index contributed by atoms with van der Waals surface area (Å²) in [5.74, 6) is -0.853. The Bertz CT molecular complexity index is 1230. The average molecular weight is 482 g/mol. The number of amides is 5. The molecule has 1 atom stereocenters. The van der Waals surface area contributed by atoms with Gasteiger partial charge in [-0.1, -0.05) is 35.9 Å². The van der Waals surface area contributed by atoms with Crippen LogP contribution in [0.2, 0.25) is 5.02 Å². The third kappa shape index (κ3) is 4.79. The monoisotopic (exact) mass is 481 g/mol. The number of imide groups is 1. The van der Waals surface area contributed by atoms with Crippen molar-refractivity contribution >= 4 is 46.9 Å². The van der Waals surface area contributed by atoms with Crippen molar-refractivity contribution in [2.24, 2.45) is 4.99 Å². The van der Waals surface area contributed by atoms with Gasteiger partial charge in [0.25, 0.3) is 5.91 Å². The van der Waals surface area contributed by atoms with Crippen LogP contribution in [-0.4, -0.2) is 40.5 Å². The minimum absolute atomic E-state index is 0.0859. The van der Waals surface area contributed by atoms with Crippen LogP contribution in [0.4, 0.5) is 10.5 Å². The number of urea groups is 1. The van der Waals surface area contributed by atoms with E-state index >= 15 is 0 Å². The Morgan fingerprint density at radius 2 is 2.00 bits per heavy atom. The number of carbonyl (C=O) groups is 4. The maximum Gasteiger partial charge on any atom is 0.319 e. The first kappa shape index (κ1) is 23.4. The second-order valence-corrected chi connectivity index (χ2v) is 8.64. The first-order chi connectivity index (χ1) is 16.2. The molecule has 5 amide bonds. The lowest BCUT2D eigenvalue weighted by atomic mass is 9.97. The summed E-state index contributed by atoms with van der Waals surface area (Å²) in [6.45, 7) is 3.89. The predicted octanol–water partition coefficient (Wildman–Crippen LogP) is 3.15. The van der Waals surface area contributed by atoms with E-state index in [0.29, 0.717) is 33.2 Å². The smallest absolute Gasteiger partial charge is 0.319 e. The van der Waals surface area contributed by atoms with E-state index in [9.17, 15) is 19.2 Å². The molecule has 3 N–H and O–H groups in total. The summed E-state index contributed by atoms with van der Waals surface area (Å²) in [4.78, 5) is 56.0. The van der Waals surface area contributed by atoms with Gasteiger partial charge in [-0.3, -0.25) is 29.6 Å². The van der Waals surface area contributed by atoms with Crippen LogP contribution in [0.1, 0.15) is 46.8 Å². The highest BCUT2D eigenvalue weighted by Gasteiger charge is 2.38. The van der Waals surface area contributed by atoms with Gasteiger partial charge in [-0.05, 0) is 49.1 Å². The zero-order chi connectivity index (χ0) is 24.4. The number of halogens is 1. The third-order valence-electron chi connectivity index (χ3n) is 5.89. The van der Waals surface area contributed by atoms with Crippen LogP contribution in [-0.2, 0) is 22.7 Å². The summed E-state index contributed by atoms with van der Waals surface area (Å²) in [6, 6.07) is 9.29. The quantitative estimate of drug-likeness (QED) is 0.581. The van der Waals surface area contributed by atoms with Crippen LogP contribution in [0, 0.1) is 6.92 Å². The maximum atomic E-state index is 13.6. The minimum Gasteiger partial charge on any atom is -0.334 e. The molecule has 10 heteroatoms. The van der Waals surface area contributed by atoms with Crippen molar-refractivity contribution in [1.29, 1.82) is 0 Å². The molecule has 1 unspecified atom stereocenters. The highest BCUT2D eigenvalue weighted by Crippen LogP contribution is 2.26.